The van der Waals surface area contributed by atoms with Gasteiger partial charge < -0.3 is 24.7 Å². The van der Waals surface area contributed by atoms with Gasteiger partial charge in [0.1, 0.15) is 22.0 Å². The van der Waals surface area contributed by atoms with Crippen LogP contribution in [0.2, 0.25) is 0 Å². The molecule has 1 aliphatic rings. The van der Waals surface area contributed by atoms with Crippen molar-refractivity contribution in [1.82, 2.24) is 4.57 Å². The molecule has 0 bridgehead atoms. The minimum Gasteiger partial charge on any atom is -0.497 e. The number of ether oxygens (including phenoxy) is 4. The predicted octanol–water partition coefficient (Wildman–Crippen LogP) is 1.96. The molecule has 4 rings (SSSR count). The number of fused-ring (bicyclic) bond motifs is 1. The Labute approximate surface area is 223 Å². The van der Waals surface area contributed by atoms with E-state index in [0.29, 0.717) is 21.6 Å². The molecule has 9 nitrogen and oxygen atoms in total. The normalized spacial score (nSPS) is 15.4. The maximum atomic E-state index is 13.6. The van der Waals surface area contributed by atoms with Gasteiger partial charge in [-0.1, -0.05) is 24.3 Å². The highest BCUT2D eigenvalue weighted by molar-refractivity contribution is 7.07. The molecule has 0 fully saturated rings. The van der Waals surface area contributed by atoms with Crippen LogP contribution in [0.15, 0.2) is 58.9 Å². The summed E-state index contributed by atoms with van der Waals surface area (Å²) in [4.78, 5) is 40.2. The number of benzene rings is 2. The second kappa shape index (κ2) is 11.0. The van der Waals surface area contributed by atoms with Crippen LogP contribution in [-0.4, -0.2) is 43.9 Å². The van der Waals surface area contributed by atoms with E-state index in [0.717, 1.165) is 16.9 Å². The molecule has 1 aliphatic heterocycles. The van der Waals surface area contributed by atoms with Crippen LogP contribution in [-0.2, 0) is 19.1 Å². The third-order valence-electron chi connectivity index (χ3n) is 5.98. The summed E-state index contributed by atoms with van der Waals surface area (Å²) >= 11 is 1.10. The van der Waals surface area contributed by atoms with Gasteiger partial charge in [-0.05, 0) is 55.3 Å². The number of carbonyl (C=O) groups excluding carboxylic acids is 2. The molecule has 1 atom stereocenters. The Balaban J connectivity index is 2.07. The van der Waals surface area contributed by atoms with Gasteiger partial charge in [0.05, 0.1) is 49.0 Å². The average molecular weight is 537 g/mol. The van der Waals surface area contributed by atoms with Crippen molar-refractivity contribution in [2.75, 3.05) is 21.3 Å². The lowest BCUT2D eigenvalue weighted by atomic mass is 9.83. The number of thiazole rings is 1. The number of hydrogen-bond acceptors (Lipinski definition) is 9. The fraction of sp³-hybridized carbons (Fsp3) is 0.250. The van der Waals surface area contributed by atoms with Crippen LogP contribution in [0, 0.1) is 0 Å². The summed E-state index contributed by atoms with van der Waals surface area (Å²) in [7, 11) is 4.32. The first-order chi connectivity index (χ1) is 18.2. The molecule has 0 radical (unpaired) electrons. The zero-order valence-corrected chi connectivity index (χ0v) is 22.5. The predicted molar refractivity (Wildman–Crippen MR) is 144 cm³/mol. The molecule has 2 aromatic carbocycles. The van der Waals surface area contributed by atoms with Gasteiger partial charge in [0.25, 0.3) is 5.56 Å². The Morgan fingerprint density at radius 3 is 2.03 bits per heavy atom. The first-order valence-electron chi connectivity index (χ1n) is 11.7. The molecule has 2 heterocycles. The number of hydrogen-bond donors (Lipinski definition) is 1. The quantitative estimate of drug-likeness (QED) is 0.455. The lowest BCUT2D eigenvalue weighted by Gasteiger charge is -2.27. The highest BCUT2D eigenvalue weighted by atomic mass is 32.1. The molecule has 1 unspecified atom stereocenters. The second-order valence-electron chi connectivity index (χ2n) is 8.69. The molecular weight excluding hydrogens is 508 g/mol. The van der Waals surface area contributed by atoms with E-state index < -0.39 is 29.5 Å². The highest BCUT2D eigenvalue weighted by Gasteiger charge is 2.40. The smallest absolute Gasteiger partial charge is 0.338 e. The van der Waals surface area contributed by atoms with E-state index in [1.807, 2.05) is 0 Å². The lowest BCUT2D eigenvalue weighted by molar-refractivity contribution is -0.140. The van der Waals surface area contributed by atoms with Gasteiger partial charge in [-0.3, -0.25) is 9.36 Å². The first-order valence-corrected chi connectivity index (χ1v) is 12.6. The van der Waals surface area contributed by atoms with Crippen LogP contribution in [0.1, 0.15) is 30.9 Å². The molecule has 2 N–H and O–H groups in total. The van der Waals surface area contributed by atoms with E-state index in [4.69, 9.17) is 24.7 Å². The van der Waals surface area contributed by atoms with Gasteiger partial charge in [0.2, 0.25) is 0 Å². The third kappa shape index (κ3) is 4.95. The van der Waals surface area contributed by atoms with Crippen molar-refractivity contribution in [2.45, 2.75) is 25.9 Å². The average Bonchev–Trinajstić information content (AvgIpc) is 3.23. The summed E-state index contributed by atoms with van der Waals surface area (Å²) in [6.45, 7) is 3.44. The van der Waals surface area contributed by atoms with E-state index >= 15 is 0 Å². The van der Waals surface area contributed by atoms with Crippen molar-refractivity contribution < 1.29 is 28.5 Å². The number of nitrogens with two attached hydrogens (primary N) is 1. The third-order valence-corrected chi connectivity index (χ3v) is 7.09. The summed E-state index contributed by atoms with van der Waals surface area (Å²) in [5, 5.41) is 0. The largest absolute Gasteiger partial charge is 0.497 e. The Morgan fingerprint density at radius 1 is 0.921 bits per heavy atom. The molecule has 0 aliphatic carbocycles. The molecule has 0 amide bonds. The molecule has 0 saturated heterocycles. The summed E-state index contributed by atoms with van der Waals surface area (Å²) < 4.78 is 22.9. The van der Waals surface area contributed by atoms with Crippen molar-refractivity contribution in [1.29, 1.82) is 0 Å². The first kappa shape index (κ1) is 26.7. The molecule has 3 aromatic rings. The Morgan fingerprint density at radius 2 is 1.50 bits per heavy atom. The second-order valence-corrected chi connectivity index (χ2v) is 9.72. The highest BCUT2D eigenvalue weighted by Crippen LogP contribution is 2.38. The van der Waals surface area contributed by atoms with Crippen molar-refractivity contribution in [3.05, 3.63) is 84.8 Å². The molecule has 38 heavy (non-hydrogen) atoms. The lowest BCUT2D eigenvalue weighted by Crippen LogP contribution is -2.42. The van der Waals surface area contributed by atoms with Crippen molar-refractivity contribution in [2.24, 2.45) is 5.73 Å². The van der Waals surface area contributed by atoms with Crippen LogP contribution in [0.5, 0.6) is 11.5 Å². The molecular formula is C28H28N2O7S. The number of aromatic nitrogens is 1. The van der Waals surface area contributed by atoms with E-state index in [1.54, 1.807) is 75.6 Å². The molecule has 198 valence electrons. The Bertz CT molecular complexity index is 1580. The molecule has 0 saturated carbocycles. The Kier molecular flexibility index (Phi) is 7.72. The van der Waals surface area contributed by atoms with Gasteiger partial charge in [0.15, 0.2) is 0 Å². The summed E-state index contributed by atoms with van der Waals surface area (Å²) in [6.07, 6.45) is 1.25. The minimum absolute atomic E-state index is 0.0308. The van der Waals surface area contributed by atoms with E-state index in [1.165, 1.54) is 18.8 Å². The number of esters is 2. The zero-order valence-electron chi connectivity index (χ0n) is 21.6. The van der Waals surface area contributed by atoms with E-state index in [-0.39, 0.29) is 21.6 Å². The summed E-state index contributed by atoms with van der Waals surface area (Å²) in [5.74, 6) is -1.20. The van der Waals surface area contributed by atoms with Crippen molar-refractivity contribution in [3.8, 4) is 11.5 Å². The summed E-state index contributed by atoms with van der Waals surface area (Å²) in [5.41, 5.74) is 7.44. The fourth-order valence-electron chi connectivity index (χ4n) is 4.21. The van der Waals surface area contributed by atoms with Gasteiger partial charge >= 0.3 is 11.9 Å². The van der Waals surface area contributed by atoms with E-state index in [2.05, 4.69) is 0 Å². The maximum absolute atomic E-state index is 13.6. The SMILES string of the molecule is COC(=O)C1=C(N)n2c(sc(=Cc3ccc(OC)cc3)c2=O)=C(C(=O)OC(C)C)C1c1ccc(OC)cc1. The van der Waals surface area contributed by atoms with Crippen molar-refractivity contribution in [3.63, 3.8) is 0 Å². The van der Waals surface area contributed by atoms with Crippen molar-refractivity contribution >= 4 is 40.7 Å². The monoisotopic (exact) mass is 536 g/mol. The number of carbonyl (C=O) groups is 2. The molecule has 1 aromatic heterocycles. The minimum atomic E-state index is -0.938. The molecule has 10 heteroatoms. The maximum Gasteiger partial charge on any atom is 0.338 e. The van der Waals surface area contributed by atoms with Gasteiger partial charge in [0, 0.05) is 0 Å². The topological polar surface area (TPSA) is 119 Å². The van der Waals surface area contributed by atoms with Crippen LogP contribution in [0.25, 0.3) is 17.5 Å². The van der Waals surface area contributed by atoms with Crippen LogP contribution in [0.3, 0.4) is 0 Å². The summed E-state index contributed by atoms with van der Waals surface area (Å²) in [6, 6.07) is 14.0. The molecule has 0 spiro atoms. The number of nitrogens with zero attached hydrogens (tertiary/aromatic N) is 1. The number of methoxy groups -OCH3 is 3. The van der Waals surface area contributed by atoms with Gasteiger partial charge in [-0.25, -0.2) is 9.59 Å². The van der Waals surface area contributed by atoms with Crippen LogP contribution >= 0.6 is 11.3 Å². The van der Waals surface area contributed by atoms with E-state index in [9.17, 15) is 14.4 Å². The van der Waals surface area contributed by atoms with Crippen LogP contribution < -0.4 is 30.0 Å². The van der Waals surface area contributed by atoms with Gasteiger partial charge in [-0.2, -0.15) is 0 Å². The standard InChI is InChI=1S/C28H28N2O7S/c1-15(2)37-28(33)23-21(17-8-12-19(35-4)13-9-17)22(27(32)36-5)24(29)30-25(31)20(38-26(23)30)14-16-6-10-18(34-3)11-7-16/h6-15,21H,29H2,1-5H3. The fourth-order valence-corrected chi connectivity index (χ4v) is 5.38. The zero-order chi connectivity index (χ0) is 27.6. The van der Waals surface area contributed by atoms with Gasteiger partial charge in [-0.15, -0.1) is 11.3 Å². The van der Waals surface area contributed by atoms with Crippen LogP contribution in [0.4, 0.5) is 0 Å². The number of rotatable bonds is 7. The Hall–Kier alpha value is -4.31.